The highest BCUT2D eigenvalue weighted by molar-refractivity contribution is 7.89. The van der Waals surface area contributed by atoms with E-state index in [9.17, 15) is 18.0 Å². The Balaban J connectivity index is 1.30. The lowest BCUT2D eigenvalue weighted by Gasteiger charge is -2.33. The van der Waals surface area contributed by atoms with E-state index < -0.39 is 15.8 Å². The van der Waals surface area contributed by atoms with Gasteiger partial charge >= 0.3 is 5.76 Å². The number of rotatable bonds is 3. The number of carbonyl (C=O) groups is 1. The fourth-order valence-corrected chi connectivity index (χ4v) is 5.51. The zero-order chi connectivity index (χ0) is 20.9. The summed E-state index contributed by atoms with van der Waals surface area (Å²) in [4.78, 5) is 28.3. The number of nitrogens with one attached hydrogen (secondary N) is 1. The molecule has 5 rings (SSSR count). The van der Waals surface area contributed by atoms with Crippen LogP contribution in [0.5, 0.6) is 0 Å². The topological polar surface area (TPSA) is 122 Å². The maximum Gasteiger partial charge on any atom is 0.417 e. The van der Waals surface area contributed by atoms with Gasteiger partial charge in [-0.1, -0.05) is 0 Å². The summed E-state index contributed by atoms with van der Waals surface area (Å²) in [5.74, 6) is -0.793. The molecule has 158 valence electrons. The van der Waals surface area contributed by atoms with Gasteiger partial charge in [0, 0.05) is 38.4 Å². The molecule has 10 nitrogen and oxygen atoms in total. The number of aromatic nitrogens is 3. The molecule has 0 saturated carbocycles. The first-order valence-corrected chi connectivity index (χ1v) is 11.3. The largest absolute Gasteiger partial charge is 0.417 e. The number of hydrogen-bond acceptors (Lipinski definition) is 6. The van der Waals surface area contributed by atoms with Crippen LogP contribution < -0.4 is 5.76 Å². The summed E-state index contributed by atoms with van der Waals surface area (Å²) in [5.41, 5.74) is 2.15. The summed E-state index contributed by atoms with van der Waals surface area (Å²) < 4.78 is 34.2. The molecule has 0 radical (unpaired) electrons. The van der Waals surface area contributed by atoms with E-state index in [1.54, 1.807) is 4.90 Å². The highest BCUT2D eigenvalue weighted by Crippen LogP contribution is 2.22. The Morgan fingerprint density at radius 2 is 1.87 bits per heavy atom. The number of fused-ring (bicyclic) bond motifs is 2. The Hall–Kier alpha value is -2.92. The van der Waals surface area contributed by atoms with Crippen molar-refractivity contribution in [3.63, 3.8) is 0 Å². The Morgan fingerprint density at radius 1 is 1.07 bits per heavy atom. The molecule has 2 aromatic heterocycles. The molecule has 30 heavy (non-hydrogen) atoms. The Bertz CT molecular complexity index is 1260. The molecule has 1 N–H and O–H groups in total. The molecule has 1 fully saturated rings. The number of piperazine rings is 1. The van der Waals surface area contributed by atoms with Crippen molar-refractivity contribution in [2.24, 2.45) is 0 Å². The van der Waals surface area contributed by atoms with Crippen LogP contribution in [0, 0.1) is 0 Å². The van der Waals surface area contributed by atoms with Gasteiger partial charge in [0.1, 0.15) is 0 Å². The molecule has 2 aliphatic rings. The summed E-state index contributed by atoms with van der Waals surface area (Å²) >= 11 is 0. The molecular formula is C19H21N5O5S. The Labute approximate surface area is 172 Å². The Morgan fingerprint density at radius 3 is 2.63 bits per heavy atom. The number of carbonyl (C=O) groups excluding carboxylic acids is 1. The van der Waals surface area contributed by atoms with Crippen LogP contribution in [0.4, 0.5) is 0 Å². The number of aromatic amines is 1. The van der Waals surface area contributed by atoms with Gasteiger partial charge in [0.05, 0.1) is 10.4 Å². The van der Waals surface area contributed by atoms with Crippen molar-refractivity contribution in [3.05, 3.63) is 46.2 Å². The molecule has 0 atom stereocenters. The zero-order valence-electron chi connectivity index (χ0n) is 16.2. The number of aryl methyl sites for hydroxylation is 2. The molecule has 1 saturated heterocycles. The van der Waals surface area contributed by atoms with Crippen LogP contribution in [0.1, 0.15) is 29.0 Å². The first-order chi connectivity index (χ1) is 14.4. The second-order valence-corrected chi connectivity index (χ2v) is 9.51. The lowest BCUT2D eigenvalue weighted by atomic mass is 10.1. The van der Waals surface area contributed by atoms with Crippen LogP contribution in [0.25, 0.3) is 11.1 Å². The predicted molar refractivity (Wildman–Crippen MR) is 107 cm³/mol. The van der Waals surface area contributed by atoms with Crippen molar-refractivity contribution >= 4 is 27.0 Å². The monoisotopic (exact) mass is 431 g/mol. The van der Waals surface area contributed by atoms with Crippen LogP contribution >= 0.6 is 0 Å². The number of oxazole rings is 1. The smallest absolute Gasteiger partial charge is 0.408 e. The average Bonchev–Trinajstić information content (AvgIpc) is 3.35. The molecule has 0 aliphatic carbocycles. The van der Waals surface area contributed by atoms with Crippen LogP contribution in [-0.4, -0.2) is 64.5 Å². The van der Waals surface area contributed by atoms with Crippen LogP contribution in [0.3, 0.4) is 0 Å². The number of sulfonamides is 1. The van der Waals surface area contributed by atoms with Gasteiger partial charge in [-0.15, -0.1) is 0 Å². The first kappa shape index (κ1) is 19.1. The molecule has 11 heteroatoms. The highest BCUT2D eigenvalue weighted by atomic mass is 32.2. The van der Waals surface area contributed by atoms with Crippen molar-refractivity contribution in [1.29, 1.82) is 0 Å². The van der Waals surface area contributed by atoms with Crippen LogP contribution in [0.15, 0.2) is 38.4 Å². The van der Waals surface area contributed by atoms with Gasteiger partial charge in [-0.3, -0.25) is 14.5 Å². The minimum Gasteiger partial charge on any atom is -0.408 e. The third-order valence-electron chi connectivity index (χ3n) is 5.69. The number of H-pyrrole nitrogens is 1. The van der Waals surface area contributed by atoms with Crippen LogP contribution in [0.2, 0.25) is 0 Å². The van der Waals surface area contributed by atoms with E-state index in [0.717, 1.165) is 31.5 Å². The van der Waals surface area contributed by atoms with Gasteiger partial charge in [0.25, 0.3) is 5.91 Å². The number of nitrogens with zero attached hydrogens (tertiary/aromatic N) is 4. The molecule has 0 unspecified atom stereocenters. The molecule has 2 aliphatic heterocycles. The molecule has 4 heterocycles. The number of amides is 1. The lowest BCUT2D eigenvalue weighted by molar-refractivity contribution is 0.0691. The lowest BCUT2D eigenvalue weighted by Crippen LogP contribution is -2.50. The van der Waals surface area contributed by atoms with Crippen molar-refractivity contribution < 1.29 is 17.6 Å². The minimum absolute atomic E-state index is 0.0774. The third-order valence-corrected chi connectivity index (χ3v) is 7.58. The summed E-state index contributed by atoms with van der Waals surface area (Å²) in [6.45, 7) is 1.82. The van der Waals surface area contributed by atoms with E-state index in [1.165, 1.54) is 22.5 Å². The third kappa shape index (κ3) is 3.23. The maximum absolute atomic E-state index is 13.0. The average molecular weight is 431 g/mol. The molecule has 3 aromatic rings. The standard InChI is InChI=1S/C19H21N5O5S/c25-18(16-11-13-3-1-2-6-24(13)21-16)22-7-9-23(10-8-22)30(27,28)14-4-5-17-15(12-14)20-19(26)29-17/h4-5,11-12H,1-3,6-10H2,(H,20,26). The molecular weight excluding hydrogens is 410 g/mol. The SMILES string of the molecule is O=C(c1cc2n(n1)CCCC2)N1CCN(S(=O)(=O)c2ccc3oc(=O)[nH]c3c2)CC1. The molecule has 1 aromatic carbocycles. The predicted octanol–water partition coefficient (Wildman–Crippen LogP) is 0.801. The second kappa shape index (κ2) is 7.10. The van der Waals surface area contributed by atoms with E-state index in [2.05, 4.69) is 10.1 Å². The quantitative estimate of drug-likeness (QED) is 0.655. The van der Waals surface area contributed by atoms with E-state index in [4.69, 9.17) is 4.42 Å². The van der Waals surface area contributed by atoms with Crippen LogP contribution in [-0.2, 0) is 23.0 Å². The van der Waals surface area contributed by atoms with Crippen molar-refractivity contribution in [2.75, 3.05) is 26.2 Å². The summed E-state index contributed by atoms with van der Waals surface area (Å²) in [6, 6.07) is 6.12. The van der Waals surface area contributed by atoms with Crippen molar-refractivity contribution in [1.82, 2.24) is 24.0 Å². The number of hydrogen-bond donors (Lipinski definition) is 1. The maximum atomic E-state index is 13.0. The van der Waals surface area contributed by atoms with E-state index >= 15 is 0 Å². The van der Waals surface area contributed by atoms with E-state index in [-0.39, 0.29) is 23.9 Å². The normalized spacial score (nSPS) is 17.9. The van der Waals surface area contributed by atoms with Gasteiger partial charge in [0.2, 0.25) is 10.0 Å². The Kier molecular flexibility index (Phi) is 4.51. The highest BCUT2D eigenvalue weighted by Gasteiger charge is 2.31. The molecule has 0 bridgehead atoms. The van der Waals surface area contributed by atoms with Crippen molar-refractivity contribution in [2.45, 2.75) is 30.7 Å². The fourth-order valence-electron chi connectivity index (χ4n) is 4.06. The van der Waals surface area contributed by atoms with Crippen molar-refractivity contribution in [3.8, 4) is 0 Å². The molecule has 0 spiro atoms. The zero-order valence-corrected chi connectivity index (χ0v) is 17.0. The molecule has 1 amide bonds. The summed E-state index contributed by atoms with van der Waals surface area (Å²) in [6.07, 6.45) is 3.10. The minimum atomic E-state index is -3.75. The van der Waals surface area contributed by atoms with Gasteiger partial charge < -0.3 is 9.32 Å². The fraction of sp³-hybridized carbons (Fsp3) is 0.421. The number of benzene rings is 1. The van der Waals surface area contributed by atoms with Gasteiger partial charge in [0.15, 0.2) is 11.3 Å². The van der Waals surface area contributed by atoms with Gasteiger partial charge in [-0.25, -0.2) is 13.2 Å². The summed E-state index contributed by atoms with van der Waals surface area (Å²) in [7, 11) is -3.75. The van der Waals surface area contributed by atoms with Gasteiger partial charge in [-0.2, -0.15) is 9.40 Å². The first-order valence-electron chi connectivity index (χ1n) is 9.91. The van der Waals surface area contributed by atoms with E-state index in [0.29, 0.717) is 29.9 Å². The van der Waals surface area contributed by atoms with E-state index in [1.807, 2.05) is 10.7 Å². The second-order valence-electron chi connectivity index (χ2n) is 7.57. The summed E-state index contributed by atoms with van der Waals surface area (Å²) in [5, 5.41) is 4.43. The van der Waals surface area contributed by atoms with Gasteiger partial charge in [-0.05, 0) is 43.5 Å².